The van der Waals surface area contributed by atoms with Gasteiger partial charge < -0.3 is 10.5 Å². The lowest BCUT2D eigenvalue weighted by Gasteiger charge is -2.16. The van der Waals surface area contributed by atoms with Gasteiger partial charge in [-0.1, -0.05) is 18.2 Å². The van der Waals surface area contributed by atoms with Crippen LogP contribution in [0.5, 0.6) is 5.75 Å². The van der Waals surface area contributed by atoms with E-state index in [1.807, 2.05) is 12.1 Å². The molecule has 1 aromatic carbocycles. The van der Waals surface area contributed by atoms with E-state index in [4.69, 9.17) is 10.5 Å². The van der Waals surface area contributed by atoms with Crippen molar-refractivity contribution >= 4 is 22.6 Å². The Labute approximate surface area is 121 Å². The van der Waals surface area contributed by atoms with Gasteiger partial charge in [0.05, 0.1) is 19.3 Å². The van der Waals surface area contributed by atoms with E-state index in [9.17, 15) is 0 Å². The fraction of sp³-hybridized carbons (Fsp3) is 0.214. The standard InChI is InChI=1S/C14H15IN2O/c1-9-4-3-5-12(13(9)15)14(16)10-6-11(18-2)8-17-7-10/h3-8,14H,16H2,1-2H3. The summed E-state index contributed by atoms with van der Waals surface area (Å²) in [5.41, 5.74) is 9.62. The average molecular weight is 354 g/mol. The van der Waals surface area contributed by atoms with Gasteiger partial charge in [0.1, 0.15) is 5.75 Å². The summed E-state index contributed by atoms with van der Waals surface area (Å²) < 4.78 is 6.37. The monoisotopic (exact) mass is 354 g/mol. The van der Waals surface area contributed by atoms with E-state index in [0.717, 1.165) is 16.9 Å². The fourth-order valence-electron chi connectivity index (χ4n) is 1.81. The lowest BCUT2D eigenvalue weighted by Crippen LogP contribution is -2.14. The van der Waals surface area contributed by atoms with Gasteiger partial charge in [0.2, 0.25) is 0 Å². The summed E-state index contributed by atoms with van der Waals surface area (Å²) in [6.45, 7) is 2.09. The maximum atomic E-state index is 6.31. The van der Waals surface area contributed by atoms with Crippen LogP contribution in [-0.4, -0.2) is 12.1 Å². The second-order valence-corrected chi connectivity index (χ2v) is 5.19. The third kappa shape index (κ3) is 2.64. The molecule has 3 nitrogen and oxygen atoms in total. The summed E-state index contributed by atoms with van der Waals surface area (Å²) in [5.74, 6) is 0.727. The van der Waals surface area contributed by atoms with Crippen molar-refractivity contribution in [2.24, 2.45) is 5.73 Å². The number of rotatable bonds is 3. The van der Waals surface area contributed by atoms with Crippen molar-refractivity contribution in [3.05, 3.63) is 56.9 Å². The Balaban J connectivity index is 2.41. The zero-order chi connectivity index (χ0) is 13.1. The molecule has 0 saturated heterocycles. The van der Waals surface area contributed by atoms with Crippen LogP contribution in [0.15, 0.2) is 36.7 Å². The SMILES string of the molecule is COc1cncc(C(N)c2cccc(C)c2I)c1. The molecule has 0 aliphatic heterocycles. The minimum absolute atomic E-state index is 0.181. The third-order valence-corrected chi connectivity index (χ3v) is 4.36. The number of nitrogens with two attached hydrogens (primary N) is 1. The van der Waals surface area contributed by atoms with Gasteiger partial charge in [-0.05, 0) is 52.3 Å². The summed E-state index contributed by atoms with van der Waals surface area (Å²) in [6, 6.07) is 7.91. The number of aryl methyl sites for hydroxylation is 1. The van der Waals surface area contributed by atoms with Crippen LogP contribution in [0, 0.1) is 10.5 Å². The molecule has 0 radical (unpaired) electrons. The average Bonchev–Trinajstić information content (AvgIpc) is 2.41. The molecule has 4 heteroatoms. The number of aromatic nitrogens is 1. The highest BCUT2D eigenvalue weighted by atomic mass is 127. The molecule has 1 heterocycles. The first-order valence-electron chi connectivity index (χ1n) is 5.63. The zero-order valence-corrected chi connectivity index (χ0v) is 12.5. The number of pyridine rings is 1. The topological polar surface area (TPSA) is 48.1 Å². The van der Waals surface area contributed by atoms with Crippen molar-refractivity contribution in [1.82, 2.24) is 4.98 Å². The molecule has 0 fully saturated rings. The van der Waals surface area contributed by atoms with E-state index in [-0.39, 0.29) is 6.04 Å². The lowest BCUT2D eigenvalue weighted by molar-refractivity contribution is 0.412. The normalized spacial score (nSPS) is 12.2. The first kappa shape index (κ1) is 13.3. The van der Waals surface area contributed by atoms with E-state index in [0.29, 0.717) is 0 Å². The van der Waals surface area contributed by atoms with Gasteiger partial charge in [-0.25, -0.2) is 0 Å². The minimum Gasteiger partial charge on any atom is -0.495 e. The number of methoxy groups -OCH3 is 1. The first-order valence-corrected chi connectivity index (χ1v) is 6.71. The lowest BCUT2D eigenvalue weighted by atomic mass is 9.99. The summed E-state index contributed by atoms with van der Waals surface area (Å²) in [7, 11) is 1.63. The Bertz CT molecular complexity index is 557. The minimum atomic E-state index is -0.181. The number of nitrogens with zero attached hydrogens (tertiary/aromatic N) is 1. The number of hydrogen-bond acceptors (Lipinski definition) is 3. The summed E-state index contributed by atoms with van der Waals surface area (Å²) in [4.78, 5) is 4.15. The molecule has 2 aromatic rings. The molecule has 94 valence electrons. The van der Waals surface area contributed by atoms with Gasteiger partial charge in [-0.15, -0.1) is 0 Å². The highest BCUT2D eigenvalue weighted by Crippen LogP contribution is 2.27. The quantitative estimate of drug-likeness (QED) is 0.862. The van der Waals surface area contributed by atoms with Crippen molar-refractivity contribution in [3.8, 4) is 5.75 Å². The molecule has 0 bridgehead atoms. The maximum Gasteiger partial charge on any atom is 0.137 e. The molecule has 18 heavy (non-hydrogen) atoms. The number of hydrogen-bond donors (Lipinski definition) is 1. The Kier molecular flexibility index (Phi) is 4.19. The van der Waals surface area contributed by atoms with Crippen molar-refractivity contribution in [3.63, 3.8) is 0 Å². The molecule has 1 unspecified atom stereocenters. The van der Waals surface area contributed by atoms with E-state index < -0.39 is 0 Å². The molecule has 0 aliphatic carbocycles. The summed E-state index contributed by atoms with van der Waals surface area (Å²) >= 11 is 2.33. The highest BCUT2D eigenvalue weighted by Gasteiger charge is 2.14. The first-order chi connectivity index (χ1) is 8.63. The van der Waals surface area contributed by atoms with Crippen molar-refractivity contribution in [2.45, 2.75) is 13.0 Å². The zero-order valence-electron chi connectivity index (χ0n) is 10.4. The number of halogens is 1. The molecular weight excluding hydrogens is 339 g/mol. The molecule has 2 N–H and O–H groups in total. The molecule has 2 rings (SSSR count). The fourth-order valence-corrected chi connectivity index (χ4v) is 2.50. The van der Waals surface area contributed by atoms with Crippen LogP contribution in [0.3, 0.4) is 0 Å². The van der Waals surface area contributed by atoms with Crippen molar-refractivity contribution in [1.29, 1.82) is 0 Å². The molecule has 0 spiro atoms. The van der Waals surface area contributed by atoms with Gasteiger partial charge in [0, 0.05) is 9.77 Å². The maximum absolute atomic E-state index is 6.31. The molecule has 0 amide bonds. The summed E-state index contributed by atoms with van der Waals surface area (Å²) in [5, 5.41) is 0. The smallest absolute Gasteiger partial charge is 0.137 e. The van der Waals surface area contributed by atoms with Gasteiger partial charge in [0.25, 0.3) is 0 Å². The Morgan fingerprint density at radius 1 is 1.33 bits per heavy atom. The molecule has 1 aromatic heterocycles. The molecule has 0 saturated carbocycles. The number of benzene rings is 1. The second-order valence-electron chi connectivity index (χ2n) is 4.11. The van der Waals surface area contributed by atoms with Gasteiger partial charge in [-0.2, -0.15) is 0 Å². The van der Waals surface area contributed by atoms with Crippen LogP contribution in [-0.2, 0) is 0 Å². The van der Waals surface area contributed by atoms with Crippen LogP contribution in [0.1, 0.15) is 22.7 Å². The largest absolute Gasteiger partial charge is 0.495 e. The van der Waals surface area contributed by atoms with Crippen LogP contribution >= 0.6 is 22.6 Å². The highest BCUT2D eigenvalue weighted by molar-refractivity contribution is 14.1. The Morgan fingerprint density at radius 2 is 2.11 bits per heavy atom. The van der Waals surface area contributed by atoms with Crippen LogP contribution < -0.4 is 10.5 Å². The van der Waals surface area contributed by atoms with E-state index in [1.54, 1.807) is 19.5 Å². The van der Waals surface area contributed by atoms with E-state index in [1.165, 1.54) is 9.13 Å². The molecule has 0 aliphatic rings. The molecule has 1 atom stereocenters. The van der Waals surface area contributed by atoms with Crippen LogP contribution in [0.25, 0.3) is 0 Å². The Hall–Kier alpha value is -1.14. The van der Waals surface area contributed by atoms with Crippen LogP contribution in [0.2, 0.25) is 0 Å². The van der Waals surface area contributed by atoms with Gasteiger partial charge in [0.15, 0.2) is 0 Å². The number of ether oxygens (including phenoxy) is 1. The van der Waals surface area contributed by atoms with Gasteiger partial charge >= 0.3 is 0 Å². The predicted molar refractivity (Wildman–Crippen MR) is 80.7 cm³/mol. The van der Waals surface area contributed by atoms with E-state index in [2.05, 4.69) is 46.6 Å². The van der Waals surface area contributed by atoms with Gasteiger partial charge in [-0.3, -0.25) is 4.98 Å². The Morgan fingerprint density at radius 3 is 2.83 bits per heavy atom. The second kappa shape index (κ2) is 5.67. The van der Waals surface area contributed by atoms with Crippen molar-refractivity contribution < 1.29 is 4.74 Å². The summed E-state index contributed by atoms with van der Waals surface area (Å²) in [6.07, 6.45) is 3.46. The van der Waals surface area contributed by atoms with Crippen LogP contribution in [0.4, 0.5) is 0 Å². The van der Waals surface area contributed by atoms with Crippen molar-refractivity contribution in [2.75, 3.05) is 7.11 Å². The predicted octanol–water partition coefficient (Wildman–Crippen LogP) is 3.05. The molecular formula is C14H15IN2O. The third-order valence-electron chi connectivity index (χ3n) is 2.89. The van der Waals surface area contributed by atoms with E-state index >= 15 is 0 Å².